The van der Waals surface area contributed by atoms with E-state index < -0.39 is 10.0 Å². The Morgan fingerprint density at radius 1 is 1.41 bits per heavy atom. The van der Waals surface area contributed by atoms with Crippen molar-refractivity contribution < 1.29 is 8.42 Å². The Hall–Kier alpha value is -0.650. The van der Waals surface area contributed by atoms with Gasteiger partial charge < -0.3 is 0 Å². The fourth-order valence-electron chi connectivity index (χ4n) is 1.58. The van der Waals surface area contributed by atoms with Crippen LogP contribution in [0.3, 0.4) is 0 Å². The van der Waals surface area contributed by atoms with Gasteiger partial charge in [-0.1, -0.05) is 6.07 Å². The van der Waals surface area contributed by atoms with Crippen LogP contribution in [0.1, 0.15) is 18.5 Å². The van der Waals surface area contributed by atoms with Crippen molar-refractivity contribution in [1.29, 1.82) is 0 Å². The molecule has 0 aliphatic heterocycles. The van der Waals surface area contributed by atoms with Crippen molar-refractivity contribution in [2.45, 2.75) is 24.8 Å². The van der Waals surface area contributed by atoms with Crippen LogP contribution in [0.2, 0.25) is 0 Å². The molecule has 0 bridgehead atoms. The quantitative estimate of drug-likeness (QED) is 0.796. The van der Waals surface area contributed by atoms with Gasteiger partial charge in [-0.15, -0.1) is 11.6 Å². The summed E-state index contributed by atoms with van der Waals surface area (Å²) in [5.74, 6) is 0.401. The van der Waals surface area contributed by atoms with Crippen LogP contribution in [0.15, 0.2) is 24.4 Å². The summed E-state index contributed by atoms with van der Waals surface area (Å²) in [6.45, 7) is 0. The molecule has 1 aromatic heterocycles. The monoisotopic (exact) mass is 274 g/mol. The van der Waals surface area contributed by atoms with Crippen molar-refractivity contribution >= 4 is 21.6 Å². The SMILES string of the molecule is O=S(=O)(CCc1ccccn1)NC1(CCl)CC1. The van der Waals surface area contributed by atoms with E-state index >= 15 is 0 Å². The van der Waals surface area contributed by atoms with Crippen molar-refractivity contribution in [2.75, 3.05) is 11.6 Å². The molecule has 0 amide bonds. The predicted octanol–water partition coefficient (Wildman–Crippen LogP) is 1.31. The molecule has 6 heteroatoms. The summed E-state index contributed by atoms with van der Waals surface area (Å²) in [7, 11) is -3.26. The molecule has 2 rings (SSSR count). The summed E-state index contributed by atoms with van der Waals surface area (Å²) in [5, 5.41) is 0. The van der Waals surface area contributed by atoms with E-state index in [0.717, 1.165) is 18.5 Å². The zero-order chi connectivity index (χ0) is 12.4. The topological polar surface area (TPSA) is 59.1 Å². The van der Waals surface area contributed by atoms with Crippen molar-refractivity contribution in [3.8, 4) is 0 Å². The van der Waals surface area contributed by atoms with Crippen molar-refractivity contribution in [3.63, 3.8) is 0 Å². The molecule has 1 fully saturated rings. The molecule has 0 atom stereocenters. The van der Waals surface area contributed by atoms with Gasteiger partial charge in [0.05, 0.1) is 5.75 Å². The van der Waals surface area contributed by atoms with E-state index in [1.54, 1.807) is 6.20 Å². The zero-order valence-electron chi connectivity index (χ0n) is 9.39. The van der Waals surface area contributed by atoms with Gasteiger partial charge in [0.25, 0.3) is 0 Å². The fraction of sp³-hybridized carbons (Fsp3) is 0.545. The van der Waals surface area contributed by atoms with E-state index in [2.05, 4.69) is 9.71 Å². The number of rotatable bonds is 6. The van der Waals surface area contributed by atoms with E-state index in [0.29, 0.717) is 12.3 Å². The van der Waals surface area contributed by atoms with Gasteiger partial charge in [0.1, 0.15) is 0 Å². The third-order valence-electron chi connectivity index (χ3n) is 2.83. The molecule has 94 valence electrons. The highest BCUT2D eigenvalue weighted by molar-refractivity contribution is 7.89. The molecule has 0 spiro atoms. The first-order chi connectivity index (χ1) is 8.05. The molecular weight excluding hydrogens is 260 g/mol. The Balaban J connectivity index is 1.90. The number of sulfonamides is 1. The lowest BCUT2D eigenvalue weighted by atomic mass is 10.3. The standard InChI is InChI=1S/C11H15ClN2O2S/c12-9-11(5-6-11)14-17(15,16)8-4-10-3-1-2-7-13-10/h1-3,7,14H,4-6,8-9H2. The smallest absolute Gasteiger partial charge is 0.212 e. The summed E-state index contributed by atoms with van der Waals surface area (Å²) in [6.07, 6.45) is 3.75. The fourth-order valence-corrected chi connectivity index (χ4v) is 3.51. The van der Waals surface area contributed by atoms with Crippen LogP contribution in [0, 0.1) is 0 Å². The molecule has 0 saturated heterocycles. The molecule has 1 saturated carbocycles. The van der Waals surface area contributed by atoms with Gasteiger partial charge in [-0.3, -0.25) is 4.98 Å². The molecule has 17 heavy (non-hydrogen) atoms. The second-order valence-electron chi connectivity index (χ2n) is 4.41. The van der Waals surface area contributed by atoms with Crippen LogP contribution < -0.4 is 4.72 Å². The highest BCUT2D eigenvalue weighted by Crippen LogP contribution is 2.37. The first-order valence-electron chi connectivity index (χ1n) is 5.53. The average Bonchev–Trinajstić information content (AvgIpc) is 3.08. The van der Waals surface area contributed by atoms with E-state index in [1.165, 1.54) is 0 Å². The number of halogens is 1. The number of hydrogen-bond acceptors (Lipinski definition) is 3. The molecule has 0 aromatic carbocycles. The van der Waals surface area contributed by atoms with E-state index in [1.807, 2.05) is 18.2 Å². The first-order valence-corrected chi connectivity index (χ1v) is 7.71. The Bertz CT molecular complexity index is 472. The van der Waals surface area contributed by atoms with Gasteiger partial charge in [0, 0.05) is 29.7 Å². The number of nitrogens with one attached hydrogen (secondary N) is 1. The number of pyridine rings is 1. The number of hydrogen-bond donors (Lipinski definition) is 1. The van der Waals surface area contributed by atoms with Crippen LogP contribution in [0.25, 0.3) is 0 Å². The van der Waals surface area contributed by atoms with E-state index in [9.17, 15) is 8.42 Å². The maximum absolute atomic E-state index is 11.8. The second kappa shape index (κ2) is 4.92. The number of alkyl halides is 1. The number of aryl methyl sites for hydroxylation is 1. The van der Waals surface area contributed by atoms with Gasteiger partial charge in [0.15, 0.2) is 0 Å². The molecule has 1 N–H and O–H groups in total. The predicted molar refractivity (Wildman–Crippen MR) is 67.5 cm³/mol. The lowest BCUT2D eigenvalue weighted by Gasteiger charge is -2.13. The molecule has 4 nitrogen and oxygen atoms in total. The van der Waals surface area contributed by atoms with Crippen molar-refractivity contribution in [1.82, 2.24) is 9.71 Å². The minimum atomic E-state index is -3.26. The van der Waals surface area contributed by atoms with Gasteiger partial charge in [-0.05, 0) is 25.0 Å². The summed E-state index contributed by atoms with van der Waals surface area (Å²) >= 11 is 5.74. The van der Waals surface area contributed by atoms with Crippen LogP contribution >= 0.6 is 11.6 Å². The molecular formula is C11H15ClN2O2S. The lowest BCUT2D eigenvalue weighted by Crippen LogP contribution is -2.39. The molecule has 0 unspecified atom stereocenters. The Morgan fingerprint density at radius 3 is 2.71 bits per heavy atom. The summed E-state index contributed by atoms with van der Waals surface area (Å²) in [6, 6.07) is 5.48. The number of aromatic nitrogens is 1. The van der Waals surface area contributed by atoms with Crippen LogP contribution in [-0.4, -0.2) is 30.6 Å². The molecule has 1 aliphatic carbocycles. The molecule has 1 heterocycles. The van der Waals surface area contributed by atoms with Gasteiger partial charge in [-0.25, -0.2) is 13.1 Å². The highest BCUT2D eigenvalue weighted by atomic mass is 35.5. The van der Waals surface area contributed by atoms with Gasteiger partial charge >= 0.3 is 0 Å². The van der Waals surface area contributed by atoms with Crippen molar-refractivity contribution in [3.05, 3.63) is 30.1 Å². The average molecular weight is 275 g/mol. The summed E-state index contributed by atoms with van der Waals surface area (Å²) in [4.78, 5) is 4.10. The maximum atomic E-state index is 11.8. The van der Waals surface area contributed by atoms with Crippen molar-refractivity contribution in [2.24, 2.45) is 0 Å². The van der Waals surface area contributed by atoms with Gasteiger partial charge in [-0.2, -0.15) is 0 Å². The lowest BCUT2D eigenvalue weighted by molar-refractivity contribution is 0.558. The minimum absolute atomic E-state index is 0.0582. The molecule has 0 radical (unpaired) electrons. The van der Waals surface area contributed by atoms with E-state index in [4.69, 9.17) is 11.6 Å². The van der Waals surface area contributed by atoms with Crippen LogP contribution in [-0.2, 0) is 16.4 Å². The first kappa shape index (κ1) is 12.8. The third kappa shape index (κ3) is 3.66. The Morgan fingerprint density at radius 2 is 2.18 bits per heavy atom. The zero-order valence-corrected chi connectivity index (χ0v) is 11.0. The minimum Gasteiger partial charge on any atom is -0.261 e. The van der Waals surface area contributed by atoms with Crippen LogP contribution in [0.5, 0.6) is 0 Å². The second-order valence-corrected chi connectivity index (χ2v) is 6.52. The molecule has 1 aliphatic rings. The summed E-state index contributed by atoms with van der Waals surface area (Å²) < 4.78 is 26.3. The highest BCUT2D eigenvalue weighted by Gasteiger charge is 2.44. The maximum Gasteiger partial charge on any atom is 0.212 e. The van der Waals surface area contributed by atoms with E-state index in [-0.39, 0.29) is 11.3 Å². The van der Waals surface area contributed by atoms with Gasteiger partial charge in [0.2, 0.25) is 10.0 Å². The third-order valence-corrected chi connectivity index (χ3v) is 4.83. The normalized spacial score (nSPS) is 17.9. The largest absolute Gasteiger partial charge is 0.261 e. The Kier molecular flexibility index (Phi) is 3.70. The van der Waals surface area contributed by atoms with Crippen LogP contribution in [0.4, 0.5) is 0 Å². The number of nitrogens with zero attached hydrogens (tertiary/aromatic N) is 1. The Labute approximate surface area is 106 Å². The summed E-state index contributed by atoms with van der Waals surface area (Å²) in [5.41, 5.74) is 0.415. The molecule has 1 aromatic rings.